The maximum Gasteiger partial charge on any atom is 0.251 e. The van der Waals surface area contributed by atoms with Gasteiger partial charge in [0.15, 0.2) is 0 Å². The molecule has 110 valence electrons. The van der Waals surface area contributed by atoms with Crippen LogP contribution in [0.25, 0.3) is 0 Å². The van der Waals surface area contributed by atoms with E-state index in [0.29, 0.717) is 0 Å². The van der Waals surface area contributed by atoms with Crippen LogP contribution in [0.5, 0.6) is 0 Å². The molecule has 2 aromatic heterocycles. The molecule has 21 heavy (non-hydrogen) atoms. The summed E-state index contributed by atoms with van der Waals surface area (Å²) in [6, 6.07) is 3.52. The lowest BCUT2D eigenvalue weighted by Crippen LogP contribution is -2.36. The van der Waals surface area contributed by atoms with Crippen LogP contribution in [0, 0.1) is 13.8 Å². The van der Waals surface area contributed by atoms with Gasteiger partial charge in [0.1, 0.15) is 18.0 Å². The second-order valence-electron chi connectivity index (χ2n) is 5.57. The summed E-state index contributed by atoms with van der Waals surface area (Å²) in [5, 5.41) is 0. The van der Waals surface area contributed by atoms with E-state index in [4.69, 9.17) is 0 Å². The van der Waals surface area contributed by atoms with E-state index in [1.807, 2.05) is 19.9 Å². The van der Waals surface area contributed by atoms with Crippen molar-refractivity contribution in [2.45, 2.75) is 32.6 Å². The van der Waals surface area contributed by atoms with E-state index in [1.54, 1.807) is 6.33 Å². The lowest BCUT2D eigenvalue weighted by molar-refractivity contribution is 0.486. The van der Waals surface area contributed by atoms with Crippen LogP contribution in [0.1, 0.15) is 36.0 Å². The van der Waals surface area contributed by atoms with Crippen molar-refractivity contribution >= 4 is 5.82 Å². The van der Waals surface area contributed by atoms with Crippen molar-refractivity contribution < 1.29 is 0 Å². The molecule has 6 nitrogen and oxygen atoms in total. The number of hydrogen-bond acceptors (Lipinski definition) is 5. The average Bonchev–Trinajstić information content (AvgIpc) is 2.46. The molecule has 1 aliphatic heterocycles. The normalized spacial score (nSPS) is 18.8. The van der Waals surface area contributed by atoms with Gasteiger partial charge in [-0.15, -0.1) is 0 Å². The number of rotatable bonds is 2. The van der Waals surface area contributed by atoms with Gasteiger partial charge in [0.05, 0.1) is 0 Å². The predicted octanol–water partition coefficient (Wildman–Crippen LogP) is 1.56. The number of H-pyrrole nitrogens is 1. The first-order valence-corrected chi connectivity index (χ1v) is 7.23. The van der Waals surface area contributed by atoms with Crippen LogP contribution >= 0.6 is 0 Å². The number of nitrogens with one attached hydrogen (secondary N) is 1. The second kappa shape index (κ2) is 5.63. The summed E-state index contributed by atoms with van der Waals surface area (Å²) >= 11 is 0. The maximum atomic E-state index is 11.6. The van der Waals surface area contributed by atoms with E-state index in [2.05, 4.69) is 24.8 Å². The minimum absolute atomic E-state index is 0.0764. The fraction of sp³-hybridized carbons (Fsp3) is 0.467. The smallest absolute Gasteiger partial charge is 0.251 e. The fourth-order valence-corrected chi connectivity index (χ4v) is 2.82. The van der Waals surface area contributed by atoms with Gasteiger partial charge < -0.3 is 9.88 Å². The van der Waals surface area contributed by atoms with Crippen molar-refractivity contribution in [1.29, 1.82) is 0 Å². The quantitative estimate of drug-likeness (QED) is 0.906. The van der Waals surface area contributed by atoms with Crippen LogP contribution in [-0.2, 0) is 0 Å². The maximum absolute atomic E-state index is 11.6. The van der Waals surface area contributed by atoms with E-state index in [9.17, 15) is 4.79 Å². The van der Waals surface area contributed by atoms with Gasteiger partial charge >= 0.3 is 0 Å². The van der Waals surface area contributed by atoms with Crippen molar-refractivity contribution in [1.82, 2.24) is 19.9 Å². The van der Waals surface area contributed by atoms with Crippen LogP contribution in [0.3, 0.4) is 0 Å². The van der Waals surface area contributed by atoms with E-state index in [0.717, 1.165) is 49.0 Å². The molecule has 1 fully saturated rings. The third-order valence-corrected chi connectivity index (χ3v) is 3.81. The first-order valence-electron chi connectivity index (χ1n) is 7.23. The number of aromatic nitrogens is 4. The second-order valence-corrected chi connectivity index (χ2v) is 5.57. The number of aromatic amines is 1. The minimum atomic E-state index is -0.0764. The van der Waals surface area contributed by atoms with Crippen LogP contribution in [0.4, 0.5) is 5.82 Å². The summed E-state index contributed by atoms with van der Waals surface area (Å²) in [7, 11) is 0. The largest absolute Gasteiger partial charge is 0.356 e. The van der Waals surface area contributed by atoms with Gasteiger partial charge in [-0.1, -0.05) is 0 Å². The van der Waals surface area contributed by atoms with Crippen LogP contribution < -0.4 is 10.5 Å². The standard InChI is InChI=1S/C15H19N5O/c1-10-6-13(17-9-16-10)20-5-3-4-12(8-20)15-18-11(2)7-14(21)19-15/h6-7,9,12H,3-5,8H2,1-2H3,(H,18,19,21). The molecule has 0 bridgehead atoms. The highest BCUT2D eigenvalue weighted by Gasteiger charge is 2.24. The highest BCUT2D eigenvalue weighted by Crippen LogP contribution is 2.26. The molecule has 1 aliphatic rings. The van der Waals surface area contributed by atoms with E-state index in [-0.39, 0.29) is 11.5 Å². The molecule has 2 aromatic rings. The SMILES string of the molecule is Cc1cc(N2CCCC(c3nc(C)cc(=O)[nH]3)C2)ncn1. The first-order chi connectivity index (χ1) is 10.1. The molecule has 3 rings (SSSR count). The molecule has 3 heterocycles. The molecule has 0 aliphatic carbocycles. The highest BCUT2D eigenvalue weighted by molar-refractivity contribution is 5.39. The Bertz CT molecular complexity index is 696. The molecule has 1 atom stereocenters. The molecule has 1 unspecified atom stereocenters. The summed E-state index contributed by atoms with van der Waals surface area (Å²) in [6.45, 7) is 5.62. The lowest BCUT2D eigenvalue weighted by atomic mass is 9.97. The zero-order chi connectivity index (χ0) is 14.8. The average molecular weight is 285 g/mol. The summed E-state index contributed by atoms with van der Waals surface area (Å²) in [5.41, 5.74) is 1.65. The van der Waals surface area contributed by atoms with E-state index in [1.165, 1.54) is 6.07 Å². The van der Waals surface area contributed by atoms with Crippen molar-refractivity contribution in [3.8, 4) is 0 Å². The Kier molecular flexibility index (Phi) is 3.68. The van der Waals surface area contributed by atoms with E-state index >= 15 is 0 Å². The van der Waals surface area contributed by atoms with E-state index < -0.39 is 0 Å². The Morgan fingerprint density at radius 1 is 1.24 bits per heavy atom. The molecule has 1 saturated heterocycles. The highest BCUT2D eigenvalue weighted by atomic mass is 16.1. The van der Waals surface area contributed by atoms with Crippen LogP contribution in [-0.4, -0.2) is 33.0 Å². The molecule has 0 radical (unpaired) electrons. The van der Waals surface area contributed by atoms with Gasteiger partial charge in [0.2, 0.25) is 0 Å². The Labute approximate surface area is 123 Å². The Morgan fingerprint density at radius 3 is 2.86 bits per heavy atom. The number of anilines is 1. The third-order valence-electron chi connectivity index (χ3n) is 3.81. The molecule has 0 saturated carbocycles. The van der Waals surface area contributed by atoms with Crippen molar-refractivity contribution in [3.05, 3.63) is 46.0 Å². The molecule has 1 N–H and O–H groups in total. The zero-order valence-corrected chi connectivity index (χ0v) is 12.3. The van der Waals surface area contributed by atoms with Gasteiger partial charge in [-0.25, -0.2) is 15.0 Å². The van der Waals surface area contributed by atoms with Gasteiger partial charge in [-0.3, -0.25) is 4.79 Å². The number of aryl methyl sites for hydroxylation is 2. The summed E-state index contributed by atoms with van der Waals surface area (Å²) in [4.78, 5) is 29.7. The Balaban J connectivity index is 1.84. The number of nitrogens with zero attached hydrogens (tertiary/aromatic N) is 4. The van der Waals surface area contributed by atoms with Crippen molar-refractivity contribution in [2.24, 2.45) is 0 Å². The van der Waals surface area contributed by atoms with Gasteiger partial charge in [0, 0.05) is 42.5 Å². The molecule has 0 spiro atoms. The molecule has 6 heteroatoms. The van der Waals surface area contributed by atoms with Gasteiger partial charge in [-0.05, 0) is 26.7 Å². The van der Waals surface area contributed by atoms with Crippen LogP contribution in [0.2, 0.25) is 0 Å². The summed E-state index contributed by atoms with van der Waals surface area (Å²) < 4.78 is 0. The molecular formula is C15H19N5O. The van der Waals surface area contributed by atoms with Crippen molar-refractivity contribution in [3.63, 3.8) is 0 Å². The van der Waals surface area contributed by atoms with Crippen LogP contribution in [0.15, 0.2) is 23.3 Å². The summed E-state index contributed by atoms with van der Waals surface area (Å²) in [5.74, 6) is 1.97. The molecule has 0 aromatic carbocycles. The summed E-state index contributed by atoms with van der Waals surface area (Å²) in [6.07, 6.45) is 3.69. The molecular weight excluding hydrogens is 266 g/mol. The number of hydrogen-bond donors (Lipinski definition) is 1. The first kappa shape index (κ1) is 13.7. The topological polar surface area (TPSA) is 74.8 Å². The van der Waals surface area contributed by atoms with Gasteiger partial charge in [0.25, 0.3) is 5.56 Å². The van der Waals surface area contributed by atoms with Crippen molar-refractivity contribution in [2.75, 3.05) is 18.0 Å². The fourth-order valence-electron chi connectivity index (χ4n) is 2.82. The monoisotopic (exact) mass is 285 g/mol. The Hall–Kier alpha value is -2.24. The third kappa shape index (κ3) is 3.09. The minimum Gasteiger partial charge on any atom is -0.356 e. The predicted molar refractivity (Wildman–Crippen MR) is 80.6 cm³/mol. The molecule has 0 amide bonds. The lowest BCUT2D eigenvalue weighted by Gasteiger charge is -2.33. The zero-order valence-electron chi connectivity index (χ0n) is 12.3. The Morgan fingerprint density at radius 2 is 2.10 bits per heavy atom. The number of piperidine rings is 1. The van der Waals surface area contributed by atoms with Gasteiger partial charge in [-0.2, -0.15) is 0 Å².